The van der Waals surface area contributed by atoms with Crippen LogP contribution in [0, 0.1) is 0 Å². The monoisotopic (exact) mass is 458 g/mol. The molecule has 2 aliphatic rings. The Morgan fingerprint density at radius 3 is 2.47 bits per heavy atom. The number of benzene rings is 1. The number of piperazine rings is 1. The zero-order valence-corrected chi connectivity index (χ0v) is 19.4. The second-order valence-corrected chi connectivity index (χ2v) is 8.80. The summed E-state index contributed by atoms with van der Waals surface area (Å²) in [7, 11) is 0. The lowest BCUT2D eigenvalue weighted by Gasteiger charge is -2.34. The summed E-state index contributed by atoms with van der Waals surface area (Å²) in [6.07, 6.45) is 4.97. The van der Waals surface area contributed by atoms with Gasteiger partial charge < -0.3 is 15.5 Å². The van der Waals surface area contributed by atoms with Gasteiger partial charge >= 0.3 is 0 Å². The largest absolute Gasteiger partial charge is 0.338 e. The third-order valence-corrected chi connectivity index (χ3v) is 6.08. The predicted molar refractivity (Wildman–Crippen MR) is 133 cm³/mol. The Morgan fingerprint density at radius 2 is 1.79 bits per heavy atom. The van der Waals surface area contributed by atoms with Gasteiger partial charge in [0, 0.05) is 44.0 Å². The van der Waals surface area contributed by atoms with Gasteiger partial charge in [0.1, 0.15) is 11.6 Å². The lowest BCUT2D eigenvalue weighted by atomic mass is 10.2. The lowest BCUT2D eigenvalue weighted by Crippen LogP contribution is -2.47. The molecular weight excluding hydrogens is 428 g/mol. The normalized spacial score (nSPS) is 16.3. The molecule has 3 aromatic rings. The van der Waals surface area contributed by atoms with Crippen LogP contribution in [0.4, 0.5) is 23.4 Å². The molecule has 9 heteroatoms. The van der Waals surface area contributed by atoms with Crippen LogP contribution in [-0.4, -0.2) is 63.5 Å². The quantitative estimate of drug-likeness (QED) is 0.528. The van der Waals surface area contributed by atoms with E-state index in [1.807, 2.05) is 30.3 Å². The Morgan fingerprint density at radius 1 is 1.00 bits per heavy atom. The van der Waals surface area contributed by atoms with Crippen LogP contribution in [0.3, 0.4) is 0 Å². The molecule has 3 heterocycles. The first-order chi connectivity index (χ1) is 16.7. The van der Waals surface area contributed by atoms with Crippen molar-refractivity contribution < 1.29 is 4.79 Å². The molecule has 0 radical (unpaired) electrons. The first-order valence-corrected chi connectivity index (χ1v) is 12.0. The fourth-order valence-corrected chi connectivity index (χ4v) is 4.03. The summed E-state index contributed by atoms with van der Waals surface area (Å²) >= 11 is 0. The topological polar surface area (TPSA) is 99.2 Å². The lowest BCUT2D eigenvalue weighted by molar-refractivity contribution is 0.102. The average molecular weight is 459 g/mol. The summed E-state index contributed by atoms with van der Waals surface area (Å²) in [6.45, 7) is 7.23. The van der Waals surface area contributed by atoms with Crippen LogP contribution in [0.2, 0.25) is 0 Å². The second kappa shape index (κ2) is 10.1. The number of hydrogen-bond donors (Lipinski definition) is 2. The van der Waals surface area contributed by atoms with Gasteiger partial charge in [0.05, 0.1) is 5.56 Å². The fourth-order valence-electron chi connectivity index (χ4n) is 4.03. The number of carbonyl (C=O) groups is 1. The van der Waals surface area contributed by atoms with Gasteiger partial charge in [0.25, 0.3) is 5.91 Å². The van der Waals surface area contributed by atoms with Crippen LogP contribution < -0.4 is 15.5 Å². The van der Waals surface area contributed by atoms with E-state index in [0.29, 0.717) is 23.2 Å². The summed E-state index contributed by atoms with van der Waals surface area (Å²) in [4.78, 5) is 35.8. The summed E-state index contributed by atoms with van der Waals surface area (Å²) in [5, 5.41) is 6.08. The molecule has 2 aromatic heterocycles. The number of nitrogens with one attached hydrogen (secondary N) is 2. The highest BCUT2D eigenvalue weighted by atomic mass is 16.1. The molecule has 1 amide bonds. The Kier molecular flexibility index (Phi) is 6.62. The summed E-state index contributed by atoms with van der Waals surface area (Å²) in [5.74, 6) is 2.88. The number of hydrogen-bond acceptors (Lipinski definition) is 8. The Balaban J connectivity index is 1.28. The highest BCUT2D eigenvalue weighted by Crippen LogP contribution is 2.38. The SMILES string of the molecule is CCCN1CCN(c2nc(Nc3ccc(C(=O)Nc4ccccc4)cn3)nc(C3CC3)n2)CC1. The van der Waals surface area contributed by atoms with Crippen molar-refractivity contribution in [3.63, 3.8) is 0 Å². The predicted octanol–water partition coefficient (Wildman–Crippen LogP) is 3.67. The van der Waals surface area contributed by atoms with Crippen LogP contribution >= 0.6 is 0 Å². The molecule has 0 unspecified atom stereocenters. The van der Waals surface area contributed by atoms with Crippen LogP contribution in [0.1, 0.15) is 48.3 Å². The molecule has 1 aliphatic carbocycles. The van der Waals surface area contributed by atoms with Crippen LogP contribution in [0.15, 0.2) is 48.7 Å². The van der Waals surface area contributed by atoms with Crippen LogP contribution in [0.5, 0.6) is 0 Å². The van der Waals surface area contributed by atoms with Crippen LogP contribution in [-0.2, 0) is 0 Å². The van der Waals surface area contributed by atoms with E-state index in [-0.39, 0.29) is 5.91 Å². The van der Waals surface area contributed by atoms with Crippen molar-refractivity contribution in [1.29, 1.82) is 0 Å². The maximum Gasteiger partial charge on any atom is 0.257 e. The fraction of sp³-hybridized carbons (Fsp3) is 0.400. The molecule has 5 rings (SSSR count). The van der Waals surface area contributed by atoms with Gasteiger partial charge in [-0.25, -0.2) is 4.98 Å². The van der Waals surface area contributed by atoms with Crippen molar-refractivity contribution in [2.75, 3.05) is 48.3 Å². The Labute approximate surface area is 199 Å². The Bertz CT molecular complexity index is 1110. The van der Waals surface area contributed by atoms with Gasteiger partial charge in [0.2, 0.25) is 11.9 Å². The first-order valence-electron chi connectivity index (χ1n) is 12.0. The molecule has 1 aliphatic heterocycles. The van der Waals surface area contributed by atoms with E-state index in [0.717, 1.165) is 63.0 Å². The number of aromatic nitrogens is 4. The van der Waals surface area contributed by atoms with Gasteiger partial charge in [-0.05, 0) is 50.1 Å². The van der Waals surface area contributed by atoms with Gasteiger partial charge in [-0.2, -0.15) is 15.0 Å². The smallest absolute Gasteiger partial charge is 0.257 e. The third-order valence-electron chi connectivity index (χ3n) is 6.08. The number of para-hydroxylation sites is 1. The van der Waals surface area contributed by atoms with E-state index >= 15 is 0 Å². The molecule has 176 valence electrons. The van der Waals surface area contributed by atoms with Gasteiger partial charge in [0.15, 0.2) is 0 Å². The minimum absolute atomic E-state index is 0.203. The van der Waals surface area contributed by atoms with Crippen molar-refractivity contribution in [2.45, 2.75) is 32.1 Å². The highest BCUT2D eigenvalue weighted by molar-refractivity contribution is 6.04. The number of nitrogens with zero attached hydrogens (tertiary/aromatic N) is 6. The van der Waals surface area contributed by atoms with Crippen molar-refractivity contribution in [3.8, 4) is 0 Å². The summed E-state index contributed by atoms with van der Waals surface area (Å²) < 4.78 is 0. The number of pyridine rings is 1. The maximum absolute atomic E-state index is 12.5. The summed E-state index contributed by atoms with van der Waals surface area (Å²) in [5.41, 5.74) is 1.23. The molecule has 0 bridgehead atoms. The number of anilines is 4. The van der Waals surface area contributed by atoms with Gasteiger partial charge in [-0.3, -0.25) is 9.69 Å². The molecule has 1 aromatic carbocycles. The van der Waals surface area contributed by atoms with Crippen molar-refractivity contribution >= 4 is 29.3 Å². The zero-order chi connectivity index (χ0) is 23.3. The van der Waals surface area contributed by atoms with Gasteiger partial charge in [-0.15, -0.1) is 0 Å². The first kappa shape index (κ1) is 22.2. The number of amides is 1. The minimum atomic E-state index is -0.203. The average Bonchev–Trinajstić information content (AvgIpc) is 3.71. The molecule has 9 nitrogen and oxygen atoms in total. The molecule has 1 saturated carbocycles. The minimum Gasteiger partial charge on any atom is -0.338 e. The number of carbonyl (C=O) groups excluding carboxylic acids is 1. The molecular formula is C25H30N8O. The maximum atomic E-state index is 12.5. The van der Waals surface area contributed by atoms with Crippen LogP contribution in [0.25, 0.3) is 0 Å². The van der Waals surface area contributed by atoms with Crippen molar-refractivity contribution in [3.05, 3.63) is 60.0 Å². The van der Waals surface area contributed by atoms with E-state index in [4.69, 9.17) is 9.97 Å². The van der Waals surface area contributed by atoms with Gasteiger partial charge in [-0.1, -0.05) is 25.1 Å². The second-order valence-electron chi connectivity index (χ2n) is 8.80. The number of rotatable bonds is 8. The molecule has 0 atom stereocenters. The van der Waals surface area contributed by atoms with E-state index in [1.54, 1.807) is 18.3 Å². The third kappa shape index (κ3) is 5.48. The molecule has 0 spiro atoms. The van der Waals surface area contributed by atoms with E-state index in [2.05, 4.69) is 37.3 Å². The molecule has 34 heavy (non-hydrogen) atoms. The van der Waals surface area contributed by atoms with Crippen molar-refractivity contribution in [2.24, 2.45) is 0 Å². The van der Waals surface area contributed by atoms with E-state index in [9.17, 15) is 4.79 Å². The molecule has 1 saturated heterocycles. The highest BCUT2D eigenvalue weighted by Gasteiger charge is 2.29. The molecule has 2 N–H and O–H groups in total. The van der Waals surface area contributed by atoms with E-state index in [1.165, 1.54) is 6.42 Å². The Hall–Kier alpha value is -3.59. The summed E-state index contributed by atoms with van der Waals surface area (Å²) in [6, 6.07) is 12.9. The zero-order valence-electron chi connectivity index (χ0n) is 19.4. The van der Waals surface area contributed by atoms with Crippen molar-refractivity contribution in [1.82, 2.24) is 24.8 Å². The van der Waals surface area contributed by atoms with E-state index < -0.39 is 0 Å². The molecule has 2 fully saturated rings. The standard InChI is InChI=1S/C25H30N8O/c1-2-12-32-13-15-33(16-14-32)25-30-22(18-8-9-18)29-24(31-25)28-21-11-10-19(17-26-21)23(34)27-20-6-4-3-5-7-20/h3-7,10-11,17-18H,2,8-9,12-16H2,1H3,(H,27,34)(H,26,28,29,30,31).